The van der Waals surface area contributed by atoms with Crippen LogP contribution in [0.4, 0.5) is 0 Å². The first kappa shape index (κ1) is 11.5. The smallest absolute Gasteiger partial charge is 0.0632 e. The van der Waals surface area contributed by atoms with Crippen molar-refractivity contribution in [3.05, 3.63) is 30.1 Å². The molecule has 1 aliphatic heterocycles. The standard InChI is InChI=1S/C12H19N3O/c1-16-10-12-6-4-8-15(12)14-9-11-5-2-3-7-13-11/h2-3,5,7,12,14H,4,6,8-10H2,1H3/t12-/m0/s1. The number of hydrazine groups is 1. The zero-order chi connectivity index (χ0) is 11.2. The molecule has 0 amide bonds. The average Bonchev–Trinajstić information content (AvgIpc) is 2.76. The summed E-state index contributed by atoms with van der Waals surface area (Å²) >= 11 is 0. The van der Waals surface area contributed by atoms with E-state index >= 15 is 0 Å². The molecule has 4 heteroatoms. The summed E-state index contributed by atoms with van der Waals surface area (Å²) in [4.78, 5) is 4.29. The molecule has 1 atom stereocenters. The molecule has 1 aliphatic rings. The Bertz CT molecular complexity index is 304. The molecule has 1 fully saturated rings. The summed E-state index contributed by atoms with van der Waals surface area (Å²) < 4.78 is 5.21. The lowest BCUT2D eigenvalue weighted by atomic mass is 10.2. The number of methoxy groups -OCH3 is 1. The molecule has 1 saturated heterocycles. The van der Waals surface area contributed by atoms with Crippen molar-refractivity contribution in [1.82, 2.24) is 15.4 Å². The van der Waals surface area contributed by atoms with Gasteiger partial charge in [-0.05, 0) is 25.0 Å². The van der Waals surface area contributed by atoms with Crippen LogP contribution in [0, 0.1) is 0 Å². The van der Waals surface area contributed by atoms with E-state index in [1.54, 1.807) is 7.11 Å². The van der Waals surface area contributed by atoms with Gasteiger partial charge in [-0.1, -0.05) is 6.07 Å². The predicted molar refractivity (Wildman–Crippen MR) is 62.7 cm³/mol. The van der Waals surface area contributed by atoms with Gasteiger partial charge in [0.15, 0.2) is 0 Å². The molecule has 0 aromatic carbocycles. The van der Waals surface area contributed by atoms with Crippen LogP contribution in [0.2, 0.25) is 0 Å². The van der Waals surface area contributed by atoms with Crippen LogP contribution in [-0.2, 0) is 11.3 Å². The van der Waals surface area contributed by atoms with E-state index < -0.39 is 0 Å². The number of rotatable bonds is 5. The SMILES string of the molecule is COC[C@@H]1CCCN1NCc1ccccn1. The normalized spacial score (nSPS) is 21.4. The Morgan fingerprint density at radius 2 is 2.50 bits per heavy atom. The topological polar surface area (TPSA) is 37.4 Å². The first-order chi connectivity index (χ1) is 7.90. The summed E-state index contributed by atoms with van der Waals surface area (Å²) in [5, 5.41) is 2.28. The van der Waals surface area contributed by atoms with Crippen molar-refractivity contribution in [1.29, 1.82) is 0 Å². The highest BCUT2D eigenvalue weighted by Gasteiger charge is 2.23. The number of hydrogen-bond donors (Lipinski definition) is 1. The summed E-state index contributed by atoms with van der Waals surface area (Å²) in [5.74, 6) is 0. The van der Waals surface area contributed by atoms with Gasteiger partial charge in [-0.3, -0.25) is 4.98 Å². The highest BCUT2D eigenvalue weighted by Crippen LogP contribution is 2.14. The van der Waals surface area contributed by atoms with E-state index in [1.807, 2.05) is 24.4 Å². The second kappa shape index (κ2) is 5.94. The van der Waals surface area contributed by atoms with Gasteiger partial charge >= 0.3 is 0 Å². The molecule has 0 bridgehead atoms. The fraction of sp³-hybridized carbons (Fsp3) is 0.583. The molecule has 0 unspecified atom stereocenters. The quantitative estimate of drug-likeness (QED) is 0.810. The van der Waals surface area contributed by atoms with E-state index in [4.69, 9.17) is 4.74 Å². The molecule has 0 saturated carbocycles. The maximum absolute atomic E-state index is 5.21. The van der Waals surface area contributed by atoms with Crippen LogP contribution in [0.25, 0.3) is 0 Å². The van der Waals surface area contributed by atoms with Gasteiger partial charge in [-0.25, -0.2) is 10.4 Å². The molecule has 1 aromatic heterocycles. The second-order valence-corrected chi connectivity index (χ2v) is 4.10. The molecule has 1 N–H and O–H groups in total. The maximum atomic E-state index is 5.21. The van der Waals surface area contributed by atoms with Gasteiger partial charge in [0, 0.05) is 25.9 Å². The van der Waals surface area contributed by atoms with Crippen LogP contribution in [0.5, 0.6) is 0 Å². The number of nitrogens with one attached hydrogen (secondary N) is 1. The maximum Gasteiger partial charge on any atom is 0.0632 e. The highest BCUT2D eigenvalue weighted by molar-refractivity contribution is 5.02. The molecule has 2 rings (SSSR count). The zero-order valence-electron chi connectivity index (χ0n) is 9.72. The van der Waals surface area contributed by atoms with Crippen molar-refractivity contribution in [2.45, 2.75) is 25.4 Å². The third-order valence-electron chi connectivity index (χ3n) is 2.93. The lowest BCUT2D eigenvalue weighted by molar-refractivity contribution is 0.0814. The molecule has 2 heterocycles. The minimum absolute atomic E-state index is 0.508. The number of pyridine rings is 1. The van der Waals surface area contributed by atoms with Crippen molar-refractivity contribution in [2.75, 3.05) is 20.3 Å². The Kier molecular flexibility index (Phi) is 4.27. The highest BCUT2D eigenvalue weighted by atomic mass is 16.5. The summed E-state index contributed by atoms with van der Waals surface area (Å²) in [5.41, 5.74) is 4.50. The van der Waals surface area contributed by atoms with Gasteiger partial charge in [-0.15, -0.1) is 0 Å². The molecule has 0 aliphatic carbocycles. The van der Waals surface area contributed by atoms with E-state index in [-0.39, 0.29) is 0 Å². The van der Waals surface area contributed by atoms with E-state index in [2.05, 4.69) is 15.4 Å². The van der Waals surface area contributed by atoms with Gasteiger partial charge in [0.2, 0.25) is 0 Å². The Morgan fingerprint density at radius 3 is 3.25 bits per heavy atom. The lowest BCUT2D eigenvalue weighted by Crippen LogP contribution is -2.43. The van der Waals surface area contributed by atoms with Crippen molar-refractivity contribution >= 4 is 0 Å². The first-order valence-corrected chi connectivity index (χ1v) is 5.79. The third kappa shape index (κ3) is 3.01. The van der Waals surface area contributed by atoms with E-state index in [1.165, 1.54) is 12.8 Å². The van der Waals surface area contributed by atoms with Crippen LogP contribution < -0.4 is 5.43 Å². The number of ether oxygens (including phenoxy) is 1. The Balaban J connectivity index is 1.81. The van der Waals surface area contributed by atoms with E-state index in [9.17, 15) is 0 Å². The van der Waals surface area contributed by atoms with E-state index in [0.29, 0.717) is 6.04 Å². The number of hydrogen-bond acceptors (Lipinski definition) is 4. The summed E-state index contributed by atoms with van der Waals surface area (Å²) in [6, 6.07) is 6.50. The van der Waals surface area contributed by atoms with Crippen LogP contribution >= 0.6 is 0 Å². The largest absolute Gasteiger partial charge is 0.383 e. The Hall–Kier alpha value is -0.970. The molecule has 88 valence electrons. The van der Waals surface area contributed by atoms with Gasteiger partial charge in [0.1, 0.15) is 0 Å². The Labute approximate surface area is 96.6 Å². The van der Waals surface area contributed by atoms with Crippen molar-refractivity contribution < 1.29 is 4.74 Å². The zero-order valence-corrected chi connectivity index (χ0v) is 9.72. The average molecular weight is 221 g/mol. The summed E-state index contributed by atoms with van der Waals surface area (Å²) in [7, 11) is 1.76. The van der Waals surface area contributed by atoms with E-state index in [0.717, 1.165) is 25.4 Å². The van der Waals surface area contributed by atoms with Crippen LogP contribution in [0.1, 0.15) is 18.5 Å². The molecule has 0 spiro atoms. The molecule has 0 radical (unpaired) electrons. The van der Waals surface area contributed by atoms with Crippen LogP contribution in [-0.4, -0.2) is 36.3 Å². The fourth-order valence-corrected chi connectivity index (χ4v) is 2.09. The van der Waals surface area contributed by atoms with Gasteiger partial charge in [0.05, 0.1) is 18.8 Å². The number of aromatic nitrogens is 1. The summed E-state index contributed by atoms with van der Waals surface area (Å²) in [6.07, 6.45) is 4.28. The summed E-state index contributed by atoms with van der Waals surface area (Å²) in [6.45, 7) is 2.69. The van der Waals surface area contributed by atoms with Gasteiger partial charge < -0.3 is 4.74 Å². The minimum atomic E-state index is 0.508. The number of nitrogens with zero attached hydrogens (tertiary/aromatic N) is 2. The minimum Gasteiger partial charge on any atom is -0.383 e. The van der Waals surface area contributed by atoms with Crippen molar-refractivity contribution in [3.8, 4) is 0 Å². The van der Waals surface area contributed by atoms with Crippen LogP contribution in [0.15, 0.2) is 24.4 Å². The predicted octanol–water partition coefficient (Wildman–Crippen LogP) is 1.20. The second-order valence-electron chi connectivity index (χ2n) is 4.10. The van der Waals surface area contributed by atoms with Gasteiger partial charge in [0.25, 0.3) is 0 Å². The molecule has 1 aromatic rings. The molecular formula is C12H19N3O. The van der Waals surface area contributed by atoms with Crippen LogP contribution in [0.3, 0.4) is 0 Å². The first-order valence-electron chi connectivity index (χ1n) is 5.79. The van der Waals surface area contributed by atoms with Crippen molar-refractivity contribution in [3.63, 3.8) is 0 Å². The third-order valence-corrected chi connectivity index (χ3v) is 2.93. The van der Waals surface area contributed by atoms with Crippen molar-refractivity contribution in [2.24, 2.45) is 0 Å². The lowest BCUT2D eigenvalue weighted by Gasteiger charge is -2.24. The molecule has 4 nitrogen and oxygen atoms in total. The monoisotopic (exact) mass is 221 g/mol. The molecular weight excluding hydrogens is 202 g/mol. The van der Waals surface area contributed by atoms with Gasteiger partial charge in [-0.2, -0.15) is 0 Å². The Morgan fingerprint density at radius 1 is 1.56 bits per heavy atom. The molecule has 16 heavy (non-hydrogen) atoms. The fourth-order valence-electron chi connectivity index (χ4n) is 2.09.